The topological polar surface area (TPSA) is 72.3 Å². The van der Waals surface area contributed by atoms with Gasteiger partial charge in [0.2, 0.25) is 5.91 Å². The molecule has 8 heteroatoms. The van der Waals surface area contributed by atoms with Crippen LogP contribution in [0.3, 0.4) is 0 Å². The van der Waals surface area contributed by atoms with Crippen LogP contribution < -0.4 is 0 Å². The standard InChI is InChI=1S/C17H17N3O3S2/c21-16(19-6-9-25(22,23)10-7-19)12-20-14(15-4-2-8-24-15)11-13-3-1-5-18-17(13)20/h1-5,8,11H,6-7,9-10,12H2. The van der Waals surface area contributed by atoms with E-state index in [0.29, 0.717) is 0 Å². The monoisotopic (exact) mass is 375 g/mol. The van der Waals surface area contributed by atoms with Crippen molar-refractivity contribution >= 4 is 38.1 Å². The molecule has 0 unspecified atom stereocenters. The second kappa shape index (κ2) is 6.27. The Morgan fingerprint density at radius 2 is 2.00 bits per heavy atom. The van der Waals surface area contributed by atoms with E-state index in [4.69, 9.17) is 0 Å². The number of aromatic nitrogens is 2. The molecule has 6 nitrogen and oxygen atoms in total. The molecule has 0 aromatic carbocycles. The molecular weight excluding hydrogens is 358 g/mol. The third-order valence-corrected chi connectivity index (χ3v) is 6.92. The Balaban J connectivity index is 1.67. The molecule has 0 N–H and O–H groups in total. The Labute approximate surface area is 149 Å². The van der Waals surface area contributed by atoms with Gasteiger partial charge in [-0.15, -0.1) is 11.3 Å². The first-order chi connectivity index (χ1) is 12.0. The molecule has 0 saturated carbocycles. The van der Waals surface area contributed by atoms with Crippen molar-refractivity contribution in [1.29, 1.82) is 0 Å². The van der Waals surface area contributed by atoms with E-state index < -0.39 is 9.84 Å². The maximum atomic E-state index is 12.7. The summed E-state index contributed by atoms with van der Waals surface area (Å²) in [5, 5.41) is 2.99. The number of carbonyl (C=O) groups is 1. The average Bonchev–Trinajstić information content (AvgIpc) is 3.23. The highest BCUT2D eigenvalue weighted by Gasteiger charge is 2.26. The molecule has 0 bridgehead atoms. The van der Waals surface area contributed by atoms with Crippen LogP contribution in [0.1, 0.15) is 0 Å². The van der Waals surface area contributed by atoms with Crippen LogP contribution in [0, 0.1) is 0 Å². The Kier molecular flexibility index (Phi) is 4.09. The van der Waals surface area contributed by atoms with Gasteiger partial charge in [-0.05, 0) is 29.6 Å². The molecule has 4 heterocycles. The fraction of sp³-hybridized carbons (Fsp3) is 0.294. The van der Waals surface area contributed by atoms with Gasteiger partial charge >= 0.3 is 0 Å². The minimum absolute atomic E-state index is 0.0429. The zero-order chi connectivity index (χ0) is 17.4. The van der Waals surface area contributed by atoms with Crippen molar-refractivity contribution in [3.63, 3.8) is 0 Å². The number of amides is 1. The van der Waals surface area contributed by atoms with E-state index in [-0.39, 0.29) is 37.0 Å². The third-order valence-electron chi connectivity index (χ3n) is 4.42. The van der Waals surface area contributed by atoms with Gasteiger partial charge in [0.15, 0.2) is 9.84 Å². The maximum absolute atomic E-state index is 12.7. The van der Waals surface area contributed by atoms with Crippen molar-refractivity contribution in [2.45, 2.75) is 6.54 Å². The SMILES string of the molecule is O=C(Cn1c(-c2cccs2)cc2cccnc21)N1CCS(=O)(=O)CC1. The second-order valence-electron chi connectivity index (χ2n) is 6.04. The summed E-state index contributed by atoms with van der Waals surface area (Å²) in [6, 6.07) is 9.90. The smallest absolute Gasteiger partial charge is 0.242 e. The van der Waals surface area contributed by atoms with Crippen molar-refractivity contribution < 1.29 is 13.2 Å². The molecule has 3 aromatic rings. The highest BCUT2D eigenvalue weighted by molar-refractivity contribution is 7.91. The number of pyridine rings is 1. The Hall–Kier alpha value is -2.19. The summed E-state index contributed by atoms with van der Waals surface area (Å²) in [6.45, 7) is 0.693. The normalized spacial score (nSPS) is 17.0. The van der Waals surface area contributed by atoms with Crippen molar-refractivity contribution in [2.75, 3.05) is 24.6 Å². The molecule has 0 atom stereocenters. The lowest BCUT2D eigenvalue weighted by molar-refractivity contribution is -0.131. The lowest BCUT2D eigenvalue weighted by Crippen LogP contribution is -2.45. The number of hydrogen-bond acceptors (Lipinski definition) is 5. The summed E-state index contributed by atoms with van der Waals surface area (Å²) in [6.07, 6.45) is 1.72. The van der Waals surface area contributed by atoms with Crippen molar-refractivity contribution in [2.24, 2.45) is 0 Å². The van der Waals surface area contributed by atoms with Gasteiger partial charge in [-0.25, -0.2) is 13.4 Å². The van der Waals surface area contributed by atoms with E-state index in [9.17, 15) is 13.2 Å². The lowest BCUT2D eigenvalue weighted by atomic mass is 10.3. The number of nitrogens with zero attached hydrogens (tertiary/aromatic N) is 3. The van der Waals surface area contributed by atoms with Crippen LogP contribution in [-0.2, 0) is 21.2 Å². The summed E-state index contributed by atoms with van der Waals surface area (Å²) >= 11 is 1.62. The molecule has 3 aromatic heterocycles. The van der Waals surface area contributed by atoms with Crippen LogP contribution >= 0.6 is 11.3 Å². The van der Waals surface area contributed by atoms with E-state index >= 15 is 0 Å². The molecule has 0 aliphatic carbocycles. The zero-order valence-electron chi connectivity index (χ0n) is 13.5. The summed E-state index contributed by atoms with van der Waals surface area (Å²) in [5.74, 6) is 0.0124. The molecule has 0 spiro atoms. The van der Waals surface area contributed by atoms with Crippen LogP contribution in [-0.4, -0.2) is 53.4 Å². The number of hydrogen-bond donors (Lipinski definition) is 0. The van der Waals surface area contributed by atoms with Crippen molar-refractivity contribution in [3.05, 3.63) is 41.9 Å². The lowest BCUT2D eigenvalue weighted by Gasteiger charge is -2.27. The van der Waals surface area contributed by atoms with Gasteiger partial charge in [-0.1, -0.05) is 6.07 Å². The highest BCUT2D eigenvalue weighted by atomic mass is 32.2. The van der Waals surface area contributed by atoms with Gasteiger partial charge in [0.05, 0.1) is 22.1 Å². The van der Waals surface area contributed by atoms with E-state index in [1.54, 1.807) is 22.4 Å². The number of fused-ring (bicyclic) bond motifs is 1. The second-order valence-corrected chi connectivity index (χ2v) is 9.29. The highest BCUT2D eigenvalue weighted by Crippen LogP contribution is 2.30. The van der Waals surface area contributed by atoms with Gasteiger partial charge in [0, 0.05) is 24.7 Å². The van der Waals surface area contributed by atoms with Gasteiger partial charge in [-0.3, -0.25) is 4.79 Å². The minimum Gasteiger partial charge on any atom is -0.339 e. The molecular formula is C17H17N3O3S2. The molecule has 4 rings (SSSR count). The van der Waals surface area contributed by atoms with Gasteiger partial charge in [0.25, 0.3) is 0 Å². The predicted octanol–water partition coefficient (Wildman–Crippen LogP) is 2.02. The predicted molar refractivity (Wildman–Crippen MR) is 98.3 cm³/mol. The van der Waals surface area contributed by atoms with Crippen molar-refractivity contribution in [3.8, 4) is 10.6 Å². The number of rotatable bonds is 3. The first-order valence-electron chi connectivity index (χ1n) is 8.00. The fourth-order valence-electron chi connectivity index (χ4n) is 3.07. The van der Waals surface area contributed by atoms with Crippen LogP contribution in [0.4, 0.5) is 0 Å². The molecule has 25 heavy (non-hydrogen) atoms. The summed E-state index contributed by atoms with van der Waals surface area (Å²) in [5.41, 5.74) is 1.73. The van der Waals surface area contributed by atoms with Crippen LogP contribution in [0.25, 0.3) is 21.6 Å². The molecule has 1 saturated heterocycles. The van der Waals surface area contributed by atoms with Gasteiger partial charge in [0.1, 0.15) is 12.2 Å². The Bertz CT molecular complexity index is 1010. The summed E-state index contributed by atoms with van der Waals surface area (Å²) < 4.78 is 25.1. The van der Waals surface area contributed by atoms with Crippen molar-refractivity contribution in [1.82, 2.24) is 14.5 Å². The molecule has 1 fully saturated rings. The summed E-state index contributed by atoms with van der Waals surface area (Å²) in [4.78, 5) is 19.9. The first-order valence-corrected chi connectivity index (χ1v) is 10.7. The van der Waals surface area contributed by atoms with E-state index in [1.807, 2.05) is 40.3 Å². The first kappa shape index (κ1) is 16.3. The largest absolute Gasteiger partial charge is 0.339 e. The summed E-state index contributed by atoms with van der Waals surface area (Å²) in [7, 11) is -3.00. The van der Waals surface area contributed by atoms with Gasteiger partial charge < -0.3 is 9.47 Å². The third kappa shape index (κ3) is 3.19. The molecule has 1 amide bonds. The van der Waals surface area contributed by atoms with Crippen LogP contribution in [0.5, 0.6) is 0 Å². The zero-order valence-corrected chi connectivity index (χ0v) is 15.1. The van der Waals surface area contributed by atoms with Crippen LogP contribution in [0.2, 0.25) is 0 Å². The van der Waals surface area contributed by atoms with E-state index in [2.05, 4.69) is 4.98 Å². The fourth-order valence-corrected chi connectivity index (χ4v) is 5.02. The van der Waals surface area contributed by atoms with Gasteiger partial charge in [-0.2, -0.15) is 0 Å². The van der Waals surface area contributed by atoms with E-state index in [1.165, 1.54) is 0 Å². The van der Waals surface area contributed by atoms with E-state index in [0.717, 1.165) is 21.6 Å². The number of thiophene rings is 1. The molecule has 130 valence electrons. The number of sulfone groups is 1. The molecule has 0 radical (unpaired) electrons. The molecule has 1 aliphatic rings. The maximum Gasteiger partial charge on any atom is 0.242 e. The average molecular weight is 375 g/mol. The number of carbonyl (C=O) groups excluding carboxylic acids is 1. The molecule has 1 aliphatic heterocycles. The Morgan fingerprint density at radius 3 is 2.72 bits per heavy atom. The Morgan fingerprint density at radius 1 is 1.20 bits per heavy atom. The van der Waals surface area contributed by atoms with Crippen LogP contribution in [0.15, 0.2) is 41.9 Å². The quantitative estimate of drug-likeness (QED) is 0.702. The minimum atomic E-state index is -3.00.